The lowest BCUT2D eigenvalue weighted by atomic mass is 9.87. The number of hydrogen-bond acceptors (Lipinski definition) is 3. The number of furan rings is 3. The van der Waals surface area contributed by atoms with Crippen molar-refractivity contribution in [1.29, 1.82) is 0 Å². The van der Waals surface area contributed by atoms with Gasteiger partial charge in [0.05, 0.1) is 5.39 Å². The third-order valence-corrected chi connectivity index (χ3v) is 8.88. The summed E-state index contributed by atoms with van der Waals surface area (Å²) >= 11 is 0. The van der Waals surface area contributed by atoms with E-state index in [-0.39, 0.29) is 0 Å². The Labute approximate surface area is 245 Å². The monoisotopic (exact) mass is 550 g/mol. The maximum absolute atomic E-state index is 6.64. The standard InChI is InChI=1S/C40H22O3/c1-3-13-28-26(11-1)38(23-17-19-35-31(21-23)25-10-6-7-15-33(25)41-35)27-12-2-4-14-29(27)39(28)37-22-32-36(42-37)20-18-30-24-9-5-8-16-34(24)43-40(30)32/h1-22H. The first-order valence-corrected chi connectivity index (χ1v) is 14.5. The van der Waals surface area contributed by atoms with E-state index >= 15 is 0 Å². The molecule has 10 aromatic rings. The zero-order chi connectivity index (χ0) is 28.1. The van der Waals surface area contributed by atoms with E-state index in [1.807, 2.05) is 24.3 Å². The molecule has 0 N–H and O–H groups in total. The molecule has 200 valence electrons. The fourth-order valence-corrected chi connectivity index (χ4v) is 7.01. The molecule has 0 aliphatic heterocycles. The minimum absolute atomic E-state index is 0.816. The van der Waals surface area contributed by atoms with E-state index in [1.165, 1.54) is 16.3 Å². The van der Waals surface area contributed by atoms with Gasteiger partial charge in [0.1, 0.15) is 33.7 Å². The lowest BCUT2D eigenvalue weighted by Gasteiger charge is -2.16. The molecule has 0 aliphatic rings. The quantitative estimate of drug-likeness (QED) is 0.201. The number of benzene rings is 7. The van der Waals surface area contributed by atoms with Crippen LogP contribution in [0.2, 0.25) is 0 Å². The van der Waals surface area contributed by atoms with Crippen molar-refractivity contribution in [1.82, 2.24) is 0 Å². The molecule has 0 saturated heterocycles. The smallest absolute Gasteiger partial charge is 0.146 e. The van der Waals surface area contributed by atoms with E-state index in [0.29, 0.717) is 0 Å². The van der Waals surface area contributed by atoms with E-state index in [9.17, 15) is 0 Å². The molecule has 0 aliphatic carbocycles. The molecule has 0 radical (unpaired) electrons. The van der Waals surface area contributed by atoms with E-state index in [0.717, 1.165) is 82.5 Å². The van der Waals surface area contributed by atoms with Crippen LogP contribution in [0.3, 0.4) is 0 Å². The Morgan fingerprint density at radius 1 is 0.302 bits per heavy atom. The molecule has 0 unspecified atom stereocenters. The molecular formula is C40H22O3. The van der Waals surface area contributed by atoms with Gasteiger partial charge in [-0.3, -0.25) is 0 Å². The molecule has 3 nitrogen and oxygen atoms in total. The van der Waals surface area contributed by atoms with Crippen molar-refractivity contribution in [3.05, 3.63) is 133 Å². The van der Waals surface area contributed by atoms with Crippen LogP contribution in [-0.4, -0.2) is 0 Å². The summed E-state index contributed by atoms with van der Waals surface area (Å²) in [5.74, 6) is 0.832. The molecule has 3 heteroatoms. The van der Waals surface area contributed by atoms with Gasteiger partial charge in [-0.1, -0.05) is 91.0 Å². The highest BCUT2D eigenvalue weighted by molar-refractivity contribution is 6.23. The fraction of sp³-hybridized carbons (Fsp3) is 0. The van der Waals surface area contributed by atoms with Crippen molar-refractivity contribution in [3.8, 4) is 22.5 Å². The van der Waals surface area contributed by atoms with Gasteiger partial charge in [0, 0.05) is 27.1 Å². The highest BCUT2D eigenvalue weighted by Crippen LogP contribution is 2.46. The second-order valence-corrected chi connectivity index (χ2v) is 11.2. The number of hydrogen-bond donors (Lipinski definition) is 0. The fourth-order valence-electron chi connectivity index (χ4n) is 7.01. The molecular weight excluding hydrogens is 528 g/mol. The molecule has 10 rings (SSSR count). The van der Waals surface area contributed by atoms with Crippen molar-refractivity contribution < 1.29 is 13.3 Å². The first kappa shape index (κ1) is 22.8. The molecule has 0 atom stereocenters. The van der Waals surface area contributed by atoms with Crippen molar-refractivity contribution in [2.45, 2.75) is 0 Å². The predicted octanol–water partition coefficient (Wildman–Crippen LogP) is 11.9. The topological polar surface area (TPSA) is 39.4 Å². The lowest BCUT2D eigenvalue weighted by Crippen LogP contribution is -1.89. The van der Waals surface area contributed by atoms with E-state index in [4.69, 9.17) is 13.3 Å². The van der Waals surface area contributed by atoms with Crippen LogP contribution in [-0.2, 0) is 0 Å². The minimum atomic E-state index is 0.816. The van der Waals surface area contributed by atoms with Crippen LogP contribution >= 0.6 is 0 Å². The van der Waals surface area contributed by atoms with Gasteiger partial charge in [-0.25, -0.2) is 0 Å². The van der Waals surface area contributed by atoms with Crippen LogP contribution in [0.15, 0.2) is 147 Å². The summed E-state index contributed by atoms with van der Waals surface area (Å²) in [5, 5.41) is 10.1. The van der Waals surface area contributed by atoms with Gasteiger partial charge in [0.25, 0.3) is 0 Å². The Hall–Kier alpha value is -5.80. The molecule has 0 bridgehead atoms. The summed E-state index contributed by atoms with van der Waals surface area (Å²) < 4.78 is 19.2. The molecule has 0 amide bonds. The molecule has 43 heavy (non-hydrogen) atoms. The summed E-state index contributed by atoms with van der Waals surface area (Å²) in [4.78, 5) is 0. The van der Waals surface area contributed by atoms with Crippen LogP contribution in [0.5, 0.6) is 0 Å². The Balaban J connectivity index is 1.28. The Kier molecular flexibility index (Phi) is 4.45. The molecule has 0 saturated carbocycles. The van der Waals surface area contributed by atoms with Crippen molar-refractivity contribution in [2.24, 2.45) is 0 Å². The zero-order valence-electron chi connectivity index (χ0n) is 22.9. The normalized spacial score (nSPS) is 12.2. The van der Waals surface area contributed by atoms with Gasteiger partial charge in [0.2, 0.25) is 0 Å². The summed E-state index contributed by atoms with van der Waals surface area (Å²) in [7, 11) is 0. The van der Waals surface area contributed by atoms with E-state index < -0.39 is 0 Å². The van der Waals surface area contributed by atoms with Crippen molar-refractivity contribution in [3.63, 3.8) is 0 Å². The van der Waals surface area contributed by atoms with Gasteiger partial charge >= 0.3 is 0 Å². The van der Waals surface area contributed by atoms with E-state index in [1.54, 1.807) is 0 Å². The minimum Gasteiger partial charge on any atom is -0.456 e. The van der Waals surface area contributed by atoms with Gasteiger partial charge in [-0.15, -0.1) is 0 Å². The summed E-state index contributed by atoms with van der Waals surface area (Å²) in [6, 6.07) is 46.6. The second-order valence-electron chi connectivity index (χ2n) is 11.2. The van der Waals surface area contributed by atoms with E-state index in [2.05, 4.69) is 109 Å². The predicted molar refractivity (Wildman–Crippen MR) is 177 cm³/mol. The highest BCUT2D eigenvalue weighted by Gasteiger charge is 2.21. The Morgan fingerprint density at radius 3 is 1.51 bits per heavy atom. The summed E-state index contributed by atoms with van der Waals surface area (Å²) in [5.41, 5.74) is 7.82. The molecule has 3 heterocycles. The summed E-state index contributed by atoms with van der Waals surface area (Å²) in [6.45, 7) is 0. The Bertz CT molecular complexity index is 2680. The third-order valence-electron chi connectivity index (χ3n) is 8.88. The molecule has 0 fully saturated rings. The lowest BCUT2D eigenvalue weighted by molar-refractivity contribution is 0.632. The van der Waals surface area contributed by atoms with Crippen LogP contribution in [0.1, 0.15) is 0 Å². The number of para-hydroxylation sites is 2. The molecule has 0 spiro atoms. The maximum atomic E-state index is 6.64. The largest absolute Gasteiger partial charge is 0.456 e. The highest BCUT2D eigenvalue weighted by atomic mass is 16.3. The Morgan fingerprint density at radius 2 is 0.814 bits per heavy atom. The zero-order valence-corrected chi connectivity index (χ0v) is 22.9. The van der Waals surface area contributed by atoms with Crippen LogP contribution in [0.25, 0.3) is 98.8 Å². The van der Waals surface area contributed by atoms with Gasteiger partial charge < -0.3 is 13.3 Å². The summed E-state index contributed by atoms with van der Waals surface area (Å²) in [6.07, 6.45) is 0. The first-order chi connectivity index (χ1) is 21.3. The van der Waals surface area contributed by atoms with Gasteiger partial charge in [-0.05, 0) is 75.1 Å². The average molecular weight is 551 g/mol. The second kappa shape index (κ2) is 8.37. The average Bonchev–Trinajstić information content (AvgIpc) is 3.76. The van der Waals surface area contributed by atoms with Crippen LogP contribution in [0, 0.1) is 0 Å². The third kappa shape index (κ3) is 3.14. The molecule has 3 aromatic heterocycles. The maximum Gasteiger partial charge on any atom is 0.146 e. The van der Waals surface area contributed by atoms with Gasteiger partial charge in [-0.2, -0.15) is 0 Å². The van der Waals surface area contributed by atoms with Crippen LogP contribution < -0.4 is 0 Å². The van der Waals surface area contributed by atoms with Crippen molar-refractivity contribution in [2.75, 3.05) is 0 Å². The first-order valence-electron chi connectivity index (χ1n) is 14.5. The van der Waals surface area contributed by atoms with Crippen molar-refractivity contribution >= 4 is 76.4 Å². The van der Waals surface area contributed by atoms with Gasteiger partial charge in [0.15, 0.2) is 0 Å². The number of fused-ring (bicyclic) bond motifs is 10. The van der Waals surface area contributed by atoms with Crippen LogP contribution in [0.4, 0.5) is 0 Å². The SMILES string of the molecule is c1ccc2c(c1)oc1ccc(-c3c4ccccc4c(-c4cc5c(ccc6c7ccccc7oc56)o4)c4ccccc34)cc12. The molecule has 7 aromatic carbocycles. The number of rotatable bonds is 2.